The van der Waals surface area contributed by atoms with Gasteiger partial charge in [-0.25, -0.2) is 4.79 Å². The van der Waals surface area contributed by atoms with Crippen molar-refractivity contribution in [2.24, 2.45) is 0 Å². The summed E-state index contributed by atoms with van der Waals surface area (Å²) in [7, 11) is 1.60. The lowest BCUT2D eigenvalue weighted by Gasteiger charge is -2.24. The van der Waals surface area contributed by atoms with Gasteiger partial charge >= 0.3 is 5.97 Å². The number of carbonyl (C=O) groups excluding carboxylic acids is 1. The molecule has 0 spiro atoms. The van der Waals surface area contributed by atoms with Crippen molar-refractivity contribution in [3.8, 4) is 0 Å². The third-order valence-electron chi connectivity index (χ3n) is 2.75. The fraction of sp³-hybridized carbons (Fsp3) is 0.583. The normalized spacial score (nSPS) is 20.7. The van der Waals surface area contributed by atoms with Gasteiger partial charge in [0.2, 0.25) is 0 Å². The number of esters is 1. The number of thiophene rings is 1. The minimum atomic E-state index is -0.315. The summed E-state index contributed by atoms with van der Waals surface area (Å²) in [6.07, 6.45) is 0.781. The molecular weight excluding hydrogens is 238 g/mol. The van der Waals surface area contributed by atoms with Gasteiger partial charge in [0.25, 0.3) is 0 Å². The molecule has 1 aromatic rings. The number of carbonyl (C=O) groups is 1. The zero-order chi connectivity index (χ0) is 12.3. The standard InChI is InChI=1S/C12H17NO3S/c1-8(7-15-2)16-12(14)11-9-4-6-17-10(9)3-5-13-11/h4,6,8,11,13H,3,5,7H2,1-2H3. The molecule has 0 aromatic carbocycles. The second-order valence-electron chi connectivity index (χ2n) is 4.14. The minimum absolute atomic E-state index is 0.210. The van der Waals surface area contributed by atoms with Crippen LogP contribution in [-0.2, 0) is 20.7 Å². The molecule has 0 saturated heterocycles. The summed E-state index contributed by atoms with van der Waals surface area (Å²) in [5.41, 5.74) is 1.07. The number of hydrogen-bond acceptors (Lipinski definition) is 5. The topological polar surface area (TPSA) is 47.6 Å². The Morgan fingerprint density at radius 3 is 3.29 bits per heavy atom. The molecule has 2 heterocycles. The van der Waals surface area contributed by atoms with E-state index < -0.39 is 0 Å². The van der Waals surface area contributed by atoms with E-state index in [1.807, 2.05) is 18.4 Å². The Hall–Kier alpha value is -0.910. The molecule has 1 aromatic heterocycles. The predicted molar refractivity (Wildman–Crippen MR) is 66.2 cm³/mol. The fourth-order valence-corrected chi connectivity index (χ4v) is 2.92. The first-order chi connectivity index (χ1) is 8.22. The largest absolute Gasteiger partial charge is 0.459 e. The molecule has 1 aliphatic rings. The van der Waals surface area contributed by atoms with Crippen molar-refractivity contribution in [3.63, 3.8) is 0 Å². The Morgan fingerprint density at radius 1 is 1.71 bits per heavy atom. The highest BCUT2D eigenvalue weighted by molar-refractivity contribution is 7.10. The van der Waals surface area contributed by atoms with E-state index in [1.165, 1.54) is 4.88 Å². The minimum Gasteiger partial charge on any atom is -0.459 e. The van der Waals surface area contributed by atoms with Crippen molar-refractivity contribution in [2.75, 3.05) is 20.3 Å². The fourth-order valence-electron chi connectivity index (χ4n) is 2.00. The summed E-state index contributed by atoms with van der Waals surface area (Å²) in [6, 6.07) is 1.68. The molecule has 0 radical (unpaired) electrons. The molecule has 2 unspecified atom stereocenters. The van der Waals surface area contributed by atoms with E-state index >= 15 is 0 Å². The van der Waals surface area contributed by atoms with Gasteiger partial charge in [-0.15, -0.1) is 11.3 Å². The van der Waals surface area contributed by atoms with Gasteiger partial charge in [-0.05, 0) is 30.4 Å². The highest BCUT2D eigenvalue weighted by atomic mass is 32.1. The van der Waals surface area contributed by atoms with E-state index in [0.29, 0.717) is 6.61 Å². The molecule has 0 amide bonds. The molecule has 2 rings (SSSR count). The molecular formula is C12H17NO3S. The number of fused-ring (bicyclic) bond motifs is 1. The molecule has 0 fully saturated rings. The average Bonchev–Trinajstić information content (AvgIpc) is 2.76. The zero-order valence-electron chi connectivity index (χ0n) is 10.1. The summed E-state index contributed by atoms with van der Waals surface area (Å²) in [4.78, 5) is 13.3. The average molecular weight is 255 g/mol. The van der Waals surface area contributed by atoms with Gasteiger partial charge in [-0.2, -0.15) is 0 Å². The van der Waals surface area contributed by atoms with Crippen LogP contribution in [0.3, 0.4) is 0 Å². The number of rotatable bonds is 4. The van der Waals surface area contributed by atoms with Crippen molar-refractivity contribution in [1.29, 1.82) is 0 Å². The van der Waals surface area contributed by atoms with E-state index in [9.17, 15) is 4.79 Å². The van der Waals surface area contributed by atoms with Crippen LogP contribution in [0.25, 0.3) is 0 Å². The Bertz CT molecular complexity index is 391. The SMILES string of the molecule is COCC(C)OC(=O)C1NCCc2sccc21. The maximum Gasteiger partial charge on any atom is 0.328 e. The Morgan fingerprint density at radius 2 is 2.53 bits per heavy atom. The van der Waals surface area contributed by atoms with Crippen LogP contribution in [0.5, 0.6) is 0 Å². The lowest BCUT2D eigenvalue weighted by atomic mass is 10.0. The summed E-state index contributed by atoms with van der Waals surface area (Å²) < 4.78 is 10.3. The van der Waals surface area contributed by atoms with Crippen LogP contribution in [0, 0.1) is 0 Å². The molecule has 2 atom stereocenters. The van der Waals surface area contributed by atoms with Crippen molar-refractivity contribution in [3.05, 3.63) is 21.9 Å². The van der Waals surface area contributed by atoms with Crippen LogP contribution in [0.2, 0.25) is 0 Å². The number of methoxy groups -OCH3 is 1. The van der Waals surface area contributed by atoms with Gasteiger partial charge in [-0.1, -0.05) is 0 Å². The zero-order valence-corrected chi connectivity index (χ0v) is 10.9. The molecule has 5 heteroatoms. The van der Waals surface area contributed by atoms with E-state index in [4.69, 9.17) is 9.47 Å². The van der Waals surface area contributed by atoms with Crippen molar-refractivity contribution in [2.45, 2.75) is 25.5 Å². The predicted octanol–water partition coefficient (Wildman–Crippen LogP) is 1.51. The van der Waals surface area contributed by atoms with Gasteiger partial charge in [0, 0.05) is 18.5 Å². The summed E-state index contributed by atoms with van der Waals surface area (Å²) in [5.74, 6) is -0.214. The first-order valence-electron chi connectivity index (χ1n) is 5.71. The Balaban J connectivity index is 2.02. The quantitative estimate of drug-likeness (QED) is 0.829. The summed E-state index contributed by atoms with van der Waals surface area (Å²) in [6.45, 7) is 3.08. The Kier molecular flexibility index (Phi) is 4.15. The highest BCUT2D eigenvalue weighted by Gasteiger charge is 2.29. The van der Waals surface area contributed by atoms with E-state index in [0.717, 1.165) is 18.5 Å². The number of ether oxygens (including phenoxy) is 2. The summed E-state index contributed by atoms with van der Waals surface area (Å²) in [5, 5.41) is 5.22. The second kappa shape index (κ2) is 5.62. The van der Waals surface area contributed by atoms with E-state index in [-0.39, 0.29) is 18.1 Å². The van der Waals surface area contributed by atoms with Gasteiger partial charge in [0.1, 0.15) is 12.1 Å². The van der Waals surface area contributed by atoms with Crippen molar-refractivity contribution in [1.82, 2.24) is 5.32 Å². The van der Waals surface area contributed by atoms with Crippen LogP contribution >= 0.6 is 11.3 Å². The van der Waals surface area contributed by atoms with Gasteiger partial charge in [0.05, 0.1) is 6.61 Å². The Labute approximate surface area is 105 Å². The third kappa shape index (κ3) is 2.86. The first-order valence-corrected chi connectivity index (χ1v) is 6.59. The molecule has 1 aliphatic heterocycles. The highest BCUT2D eigenvalue weighted by Crippen LogP contribution is 2.28. The van der Waals surface area contributed by atoms with Crippen LogP contribution in [0.15, 0.2) is 11.4 Å². The van der Waals surface area contributed by atoms with Crippen LogP contribution in [0.1, 0.15) is 23.4 Å². The molecule has 1 N–H and O–H groups in total. The first kappa shape index (κ1) is 12.5. The van der Waals surface area contributed by atoms with Gasteiger partial charge in [0.15, 0.2) is 0 Å². The molecule has 4 nitrogen and oxygen atoms in total. The smallest absolute Gasteiger partial charge is 0.328 e. The van der Waals surface area contributed by atoms with Crippen molar-refractivity contribution >= 4 is 17.3 Å². The maximum atomic E-state index is 12.0. The number of hydrogen-bond donors (Lipinski definition) is 1. The number of nitrogens with one attached hydrogen (secondary N) is 1. The lowest BCUT2D eigenvalue weighted by molar-refractivity contribution is -0.153. The monoisotopic (exact) mass is 255 g/mol. The van der Waals surface area contributed by atoms with E-state index in [2.05, 4.69) is 5.32 Å². The summed E-state index contributed by atoms with van der Waals surface area (Å²) >= 11 is 1.70. The second-order valence-corrected chi connectivity index (χ2v) is 5.14. The third-order valence-corrected chi connectivity index (χ3v) is 3.74. The van der Waals surface area contributed by atoms with Gasteiger partial charge < -0.3 is 14.8 Å². The maximum absolute atomic E-state index is 12.0. The lowest BCUT2D eigenvalue weighted by Crippen LogP contribution is -2.37. The molecule has 0 saturated carbocycles. The molecule has 94 valence electrons. The molecule has 0 aliphatic carbocycles. The molecule has 0 bridgehead atoms. The van der Waals surface area contributed by atoms with Crippen LogP contribution in [-0.4, -0.2) is 32.3 Å². The van der Waals surface area contributed by atoms with Gasteiger partial charge in [-0.3, -0.25) is 0 Å². The molecule has 17 heavy (non-hydrogen) atoms. The van der Waals surface area contributed by atoms with Crippen molar-refractivity contribution < 1.29 is 14.3 Å². The van der Waals surface area contributed by atoms with E-state index in [1.54, 1.807) is 18.4 Å². The van der Waals surface area contributed by atoms with Crippen LogP contribution in [0.4, 0.5) is 0 Å². The van der Waals surface area contributed by atoms with Crippen LogP contribution < -0.4 is 5.32 Å².